The van der Waals surface area contributed by atoms with Gasteiger partial charge in [-0.05, 0) is 31.0 Å². The zero-order valence-corrected chi connectivity index (χ0v) is 13.3. The van der Waals surface area contributed by atoms with Crippen LogP contribution in [0.5, 0.6) is 0 Å². The van der Waals surface area contributed by atoms with Gasteiger partial charge in [0.25, 0.3) is 0 Å². The van der Waals surface area contributed by atoms with Gasteiger partial charge in [-0.3, -0.25) is 0 Å². The monoisotopic (exact) mass is 276 g/mol. The van der Waals surface area contributed by atoms with Gasteiger partial charge in [0, 0.05) is 6.04 Å². The molecule has 2 unspecified atom stereocenters. The number of benzene rings is 1. The minimum absolute atomic E-state index is 0.133. The molecule has 0 heterocycles. The fourth-order valence-electron chi connectivity index (χ4n) is 2.49. The molecule has 0 saturated heterocycles. The maximum Gasteiger partial charge on any atom is 0.0333 e. The highest BCUT2D eigenvalue weighted by Gasteiger charge is 2.13. The van der Waals surface area contributed by atoms with Crippen LogP contribution in [0.15, 0.2) is 30.3 Å². The van der Waals surface area contributed by atoms with Crippen molar-refractivity contribution in [2.75, 3.05) is 13.1 Å². The molecule has 2 heteroatoms. The lowest BCUT2D eigenvalue weighted by Crippen LogP contribution is -2.30. The van der Waals surface area contributed by atoms with Crippen LogP contribution in [0.2, 0.25) is 0 Å². The van der Waals surface area contributed by atoms with Crippen molar-refractivity contribution >= 4 is 0 Å². The van der Waals surface area contributed by atoms with Crippen LogP contribution in [0, 0.1) is 5.92 Å². The minimum atomic E-state index is 0.133. The van der Waals surface area contributed by atoms with E-state index in [9.17, 15) is 0 Å². The normalized spacial score (nSPS) is 14.2. The van der Waals surface area contributed by atoms with Crippen LogP contribution in [0.1, 0.15) is 64.0 Å². The Bertz CT molecular complexity index is 323. The molecule has 3 N–H and O–H groups in total. The number of nitrogens with one attached hydrogen (secondary N) is 1. The van der Waals surface area contributed by atoms with Crippen LogP contribution in [0.25, 0.3) is 0 Å². The summed E-state index contributed by atoms with van der Waals surface area (Å²) in [5, 5.41) is 3.55. The van der Waals surface area contributed by atoms with Crippen molar-refractivity contribution in [3.05, 3.63) is 35.9 Å². The molecule has 0 aromatic heterocycles. The van der Waals surface area contributed by atoms with Crippen LogP contribution < -0.4 is 11.1 Å². The van der Waals surface area contributed by atoms with Crippen molar-refractivity contribution in [1.82, 2.24) is 5.32 Å². The highest BCUT2D eigenvalue weighted by molar-refractivity contribution is 5.19. The Morgan fingerprint density at radius 3 is 2.35 bits per heavy atom. The Hall–Kier alpha value is -0.860. The molecule has 0 aliphatic carbocycles. The lowest BCUT2D eigenvalue weighted by molar-refractivity contribution is 0.429. The molecule has 0 aliphatic heterocycles. The molecule has 0 aliphatic rings. The summed E-state index contributed by atoms with van der Waals surface area (Å²) in [6, 6.07) is 10.5. The highest BCUT2D eigenvalue weighted by Crippen LogP contribution is 2.18. The van der Waals surface area contributed by atoms with E-state index in [-0.39, 0.29) is 6.04 Å². The lowest BCUT2D eigenvalue weighted by Gasteiger charge is -2.20. The number of hydrogen-bond acceptors (Lipinski definition) is 2. The fraction of sp³-hybridized carbons (Fsp3) is 0.667. The molecule has 1 aromatic carbocycles. The van der Waals surface area contributed by atoms with Gasteiger partial charge in [0.2, 0.25) is 0 Å². The maximum atomic E-state index is 6.29. The average Bonchev–Trinajstić information content (AvgIpc) is 2.50. The fourth-order valence-corrected chi connectivity index (χ4v) is 2.49. The predicted molar refractivity (Wildman–Crippen MR) is 88.8 cm³/mol. The van der Waals surface area contributed by atoms with E-state index >= 15 is 0 Å². The van der Waals surface area contributed by atoms with Gasteiger partial charge in [0.15, 0.2) is 0 Å². The van der Waals surface area contributed by atoms with E-state index in [1.807, 2.05) is 6.07 Å². The Balaban J connectivity index is 2.07. The van der Waals surface area contributed by atoms with Crippen molar-refractivity contribution in [1.29, 1.82) is 0 Å². The molecule has 2 nitrogen and oxygen atoms in total. The summed E-state index contributed by atoms with van der Waals surface area (Å²) in [5.74, 6) is 0.470. The van der Waals surface area contributed by atoms with Crippen LogP contribution in [0.3, 0.4) is 0 Å². The summed E-state index contributed by atoms with van der Waals surface area (Å²) in [6.07, 6.45) is 8.13. The maximum absolute atomic E-state index is 6.29. The van der Waals surface area contributed by atoms with Crippen LogP contribution in [-0.4, -0.2) is 13.1 Å². The molecule has 0 amide bonds. The Kier molecular flexibility index (Phi) is 9.35. The number of unbranched alkanes of at least 4 members (excludes halogenated alkanes) is 5. The minimum Gasteiger partial charge on any atom is -0.324 e. The number of rotatable bonds is 11. The molecule has 20 heavy (non-hydrogen) atoms. The van der Waals surface area contributed by atoms with Gasteiger partial charge in [0.05, 0.1) is 0 Å². The topological polar surface area (TPSA) is 38.0 Å². The smallest absolute Gasteiger partial charge is 0.0333 e. The van der Waals surface area contributed by atoms with Gasteiger partial charge in [-0.25, -0.2) is 0 Å². The van der Waals surface area contributed by atoms with Crippen molar-refractivity contribution in [2.24, 2.45) is 11.7 Å². The van der Waals surface area contributed by atoms with Crippen molar-refractivity contribution in [3.63, 3.8) is 0 Å². The van der Waals surface area contributed by atoms with E-state index < -0.39 is 0 Å². The van der Waals surface area contributed by atoms with Crippen LogP contribution >= 0.6 is 0 Å². The zero-order chi connectivity index (χ0) is 14.6. The molecule has 0 radical (unpaired) electrons. The van der Waals surface area contributed by atoms with E-state index in [4.69, 9.17) is 5.73 Å². The zero-order valence-electron chi connectivity index (χ0n) is 13.3. The standard InChI is InChI=1S/C18H32N2/c1-3-4-5-6-7-11-14-20-15-16(2)18(19)17-12-9-8-10-13-17/h8-10,12-13,16,18,20H,3-7,11,14-15,19H2,1-2H3. The second kappa shape index (κ2) is 10.9. The highest BCUT2D eigenvalue weighted by atomic mass is 14.9. The van der Waals surface area contributed by atoms with E-state index in [1.54, 1.807) is 0 Å². The number of nitrogens with two attached hydrogens (primary N) is 1. The summed E-state index contributed by atoms with van der Waals surface area (Å²) in [4.78, 5) is 0. The molecule has 1 rings (SSSR count). The molecule has 0 bridgehead atoms. The molecular formula is C18H32N2. The first-order valence-electron chi connectivity index (χ1n) is 8.27. The molecule has 0 fully saturated rings. The quantitative estimate of drug-likeness (QED) is 0.592. The molecule has 0 spiro atoms. The largest absolute Gasteiger partial charge is 0.324 e. The molecule has 1 aromatic rings. The summed E-state index contributed by atoms with van der Waals surface area (Å²) in [7, 11) is 0. The molecule has 0 saturated carbocycles. The van der Waals surface area contributed by atoms with Gasteiger partial charge in [-0.15, -0.1) is 0 Å². The SMILES string of the molecule is CCCCCCCCNCC(C)C(N)c1ccccc1. The summed E-state index contributed by atoms with van der Waals surface area (Å²) < 4.78 is 0. The molecule has 114 valence electrons. The van der Waals surface area contributed by atoms with Gasteiger partial charge in [-0.1, -0.05) is 76.3 Å². The van der Waals surface area contributed by atoms with Gasteiger partial charge < -0.3 is 11.1 Å². The van der Waals surface area contributed by atoms with E-state index in [0.29, 0.717) is 5.92 Å². The molecular weight excluding hydrogens is 244 g/mol. The van der Waals surface area contributed by atoms with Crippen LogP contribution in [0.4, 0.5) is 0 Å². The van der Waals surface area contributed by atoms with Gasteiger partial charge in [-0.2, -0.15) is 0 Å². The summed E-state index contributed by atoms with van der Waals surface area (Å²) >= 11 is 0. The third kappa shape index (κ3) is 7.06. The summed E-state index contributed by atoms with van der Waals surface area (Å²) in [5.41, 5.74) is 7.53. The average molecular weight is 276 g/mol. The van der Waals surface area contributed by atoms with E-state index in [1.165, 1.54) is 44.1 Å². The Morgan fingerprint density at radius 2 is 1.65 bits per heavy atom. The first kappa shape index (κ1) is 17.2. The van der Waals surface area contributed by atoms with Crippen molar-refractivity contribution in [2.45, 2.75) is 58.4 Å². The van der Waals surface area contributed by atoms with E-state index in [2.05, 4.69) is 43.4 Å². The first-order valence-corrected chi connectivity index (χ1v) is 8.27. The van der Waals surface area contributed by atoms with Gasteiger partial charge >= 0.3 is 0 Å². The second-order valence-corrected chi connectivity index (χ2v) is 5.89. The first-order chi connectivity index (χ1) is 9.75. The predicted octanol–water partition coefficient (Wildman–Crippen LogP) is 4.27. The lowest BCUT2D eigenvalue weighted by atomic mass is 9.95. The second-order valence-electron chi connectivity index (χ2n) is 5.89. The van der Waals surface area contributed by atoms with E-state index in [0.717, 1.165) is 13.1 Å². The summed E-state index contributed by atoms with van der Waals surface area (Å²) in [6.45, 7) is 6.62. The Labute approximate surface area is 125 Å². The number of hydrogen-bond donors (Lipinski definition) is 2. The third-order valence-electron chi connectivity index (χ3n) is 3.97. The van der Waals surface area contributed by atoms with Crippen molar-refractivity contribution < 1.29 is 0 Å². The van der Waals surface area contributed by atoms with Crippen molar-refractivity contribution in [3.8, 4) is 0 Å². The third-order valence-corrected chi connectivity index (χ3v) is 3.97. The van der Waals surface area contributed by atoms with Crippen LogP contribution in [-0.2, 0) is 0 Å². The molecule has 2 atom stereocenters. The van der Waals surface area contributed by atoms with Gasteiger partial charge in [0.1, 0.15) is 0 Å². The Morgan fingerprint density at radius 1 is 1.00 bits per heavy atom.